The van der Waals surface area contributed by atoms with Crippen molar-refractivity contribution < 1.29 is 4.74 Å². The van der Waals surface area contributed by atoms with Gasteiger partial charge in [-0.15, -0.1) is 0 Å². The molecule has 1 aromatic carbocycles. The number of ether oxygens (including phenoxy) is 1. The molecule has 0 bridgehead atoms. The molecular weight excluding hydrogens is 292 g/mol. The Bertz CT molecular complexity index is 401. The number of nitrogens with one attached hydrogen (secondary N) is 1. The number of hydrogen-bond donors (Lipinski definition) is 1. The fourth-order valence-corrected chi connectivity index (χ4v) is 2.85. The third kappa shape index (κ3) is 3.05. The zero-order valence-electron chi connectivity index (χ0n) is 11.2. The summed E-state index contributed by atoms with van der Waals surface area (Å²) in [6, 6.07) is 7.29. The van der Waals surface area contributed by atoms with E-state index >= 15 is 0 Å². The number of methoxy groups -OCH3 is 1. The molecule has 0 aromatic heterocycles. The van der Waals surface area contributed by atoms with E-state index in [1.54, 1.807) is 7.11 Å². The van der Waals surface area contributed by atoms with E-state index in [1.807, 2.05) is 6.07 Å². The Morgan fingerprint density at radius 1 is 1.33 bits per heavy atom. The summed E-state index contributed by atoms with van der Waals surface area (Å²) in [5, 5.41) is 3.46. The second kappa shape index (κ2) is 6.04. The van der Waals surface area contributed by atoms with Crippen LogP contribution in [-0.4, -0.2) is 37.2 Å². The van der Waals surface area contributed by atoms with Crippen LogP contribution in [0.15, 0.2) is 22.7 Å². The van der Waals surface area contributed by atoms with Gasteiger partial charge in [-0.05, 0) is 37.6 Å². The summed E-state index contributed by atoms with van der Waals surface area (Å²) in [5.74, 6) is 0.920. The van der Waals surface area contributed by atoms with Gasteiger partial charge in [0.2, 0.25) is 0 Å². The Morgan fingerprint density at radius 3 is 2.61 bits per heavy atom. The Kier molecular flexibility index (Phi) is 4.65. The minimum atomic E-state index is 0.562. The summed E-state index contributed by atoms with van der Waals surface area (Å²) in [4.78, 5) is 2.54. The SMILES string of the molecule is COc1ccc(Br)c(CN2C(C)CNCC2C)c1. The molecule has 0 aliphatic carbocycles. The fourth-order valence-electron chi connectivity index (χ4n) is 2.48. The van der Waals surface area contributed by atoms with Crippen LogP contribution >= 0.6 is 15.9 Å². The minimum absolute atomic E-state index is 0.562. The Morgan fingerprint density at radius 2 is 2.00 bits per heavy atom. The third-order valence-corrected chi connectivity index (χ3v) is 4.39. The molecule has 1 N–H and O–H groups in total. The smallest absolute Gasteiger partial charge is 0.119 e. The van der Waals surface area contributed by atoms with Crippen LogP contribution in [0.4, 0.5) is 0 Å². The molecule has 1 aromatic rings. The summed E-state index contributed by atoms with van der Waals surface area (Å²) in [5.41, 5.74) is 1.29. The Hall–Kier alpha value is -0.580. The van der Waals surface area contributed by atoms with Crippen molar-refractivity contribution in [2.75, 3.05) is 20.2 Å². The molecule has 1 aliphatic heterocycles. The second-order valence-electron chi connectivity index (χ2n) is 4.99. The van der Waals surface area contributed by atoms with E-state index in [0.29, 0.717) is 12.1 Å². The predicted molar refractivity (Wildman–Crippen MR) is 78.0 cm³/mol. The topological polar surface area (TPSA) is 24.5 Å². The van der Waals surface area contributed by atoms with Gasteiger partial charge in [-0.1, -0.05) is 15.9 Å². The lowest BCUT2D eigenvalue weighted by Gasteiger charge is -2.39. The first-order valence-corrected chi connectivity index (χ1v) is 7.20. The van der Waals surface area contributed by atoms with Gasteiger partial charge in [0.05, 0.1) is 7.11 Å². The molecule has 0 radical (unpaired) electrons. The highest BCUT2D eigenvalue weighted by Gasteiger charge is 2.24. The molecule has 2 unspecified atom stereocenters. The summed E-state index contributed by atoms with van der Waals surface area (Å²) in [6.07, 6.45) is 0. The number of halogens is 1. The van der Waals surface area contributed by atoms with E-state index in [1.165, 1.54) is 5.56 Å². The monoisotopic (exact) mass is 312 g/mol. The largest absolute Gasteiger partial charge is 0.497 e. The van der Waals surface area contributed by atoms with E-state index in [-0.39, 0.29) is 0 Å². The number of nitrogens with zero attached hydrogens (tertiary/aromatic N) is 1. The van der Waals surface area contributed by atoms with Crippen LogP contribution in [0, 0.1) is 0 Å². The maximum Gasteiger partial charge on any atom is 0.119 e. The summed E-state index contributed by atoms with van der Waals surface area (Å²) >= 11 is 3.63. The highest BCUT2D eigenvalue weighted by molar-refractivity contribution is 9.10. The van der Waals surface area contributed by atoms with E-state index in [9.17, 15) is 0 Å². The molecular formula is C14H21BrN2O. The average Bonchev–Trinajstić information content (AvgIpc) is 2.36. The average molecular weight is 313 g/mol. The van der Waals surface area contributed by atoms with Gasteiger partial charge >= 0.3 is 0 Å². The van der Waals surface area contributed by atoms with Crippen molar-refractivity contribution in [1.29, 1.82) is 0 Å². The number of benzene rings is 1. The highest BCUT2D eigenvalue weighted by atomic mass is 79.9. The highest BCUT2D eigenvalue weighted by Crippen LogP contribution is 2.25. The predicted octanol–water partition coefficient (Wildman–Crippen LogP) is 2.64. The van der Waals surface area contributed by atoms with Gasteiger partial charge in [-0.25, -0.2) is 0 Å². The number of hydrogen-bond acceptors (Lipinski definition) is 3. The van der Waals surface area contributed by atoms with Crippen LogP contribution in [0.25, 0.3) is 0 Å². The van der Waals surface area contributed by atoms with Crippen molar-refractivity contribution >= 4 is 15.9 Å². The molecule has 0 amide bonds. The van der Waals surface area contributed by atoms with Crippen molar-refractivity contribution in [3.63, 3.8) is 0 Å². The second-order valence-corrected chi connectivity index (χ2v) is 5.84. The molecule has 0 saturated carbocycles. The first-order valence-electron chi connectivity index (χ1n) is 6.40. The van der Waals surface area contributed by atoms with Gasteiger partial charge in [0.1, 0.15) is 5.75 Å². The van der Waals surface area contributed by atoms with E-state index in [4.69, 9.17) is 4.74 Å². The van der Waals surface area contributed by atoms with Crippen molar-refractivity contribution in [3.8, 4) is 5.75 Å². The van der Waals surface area contributed by atoms with Crippen LogP contribution in [-0.2, 0) is 6.54 Å². The maximum absolute atomic E-state index is 5.30. The van der Waals surface area contributed by atoms with Crippen LogP contribution in [0.5, 0.6) is 5.75 Å². The van der Waals surface area contributed by atoms with Gasteiger partial charge in [-0.3, -0.25) is 4.90 Å². The van der Waals surface area contributed by atoms with Crippen molar-refractivity contribution in [1.82, 2.24) is 10.2 Å². The molecule has 18 heavy (non-hydrogen) atoms. The Labute approximate surface area is 118 Å². The molecule has 3 nitrogen and oxygen atoms in total. The van der Waals surface area contributed by atoms with Crippen LogP contribution < -0.4 is 10.1 Å². The first-order chi connectivity index (χ1) is 8.61. The molecule has 1 fully saturated rings. The van der Waals surface area contributed by atoms with Gasteiger partial charge in [0, 0.05) is 36.2 Å². The molecule has 1 aliphatic rings. The lowest BCUT2D eigenvalue weighted by atomic mass is 10.1. The van der Waals surface area contributed by atoms with E-state index in [0.717, 1.165) is 29.9 Å². The molecule has 100 valence electrons. The lowest BCUT2D eigenvalue weighted by Crippen LogP contribution is -2.54. The van der Waals surface area contributed by atoms with Crippen molar-refractivity contribution in [2.24, 2.45) is 0 Å². The molecule has 2 rings (SSSR count). The standard InChI is InChI=1S/C14H21BrN2O/c1-10-7-16-8-11(2)17(10)9-12-6-13(18-3)4-5-14(12)15/h4-6,10-11,16H,7-9H2,1-3H3. The van der Waals surface area contributed by atoms with E-state index < -0.39 is 0 Å². The zero-order valence-corrected chi connectivity index (χ0v) is 12.8. The number of rotatable bonds is 3. The van der Waals surface area contributed by atoms with Gasteiger partial charge in [0.15, 0.2) is 0 Å². The van der Waals surface area contributed by atoms with Crippen molar-refractivity contribution in [2.45, 2.75) is 32.5 Å². The van der Waals surface area contributed by atoms with Crippen LogP contribution in [0.1, 0.15) is 19.4 Å². The molecule has 1 heterocycles. The van der Waals surface area contributed by atoms with E-state index in [2.05, 4.69) is 52.1 Å². The Balaban J connectivity index is 2.16. The van der Waals surface area contributed by atoms with Gasteiger partial charge in [0.25, 0.3) is 0 Å². The lowest BCUT2D eigenvalue weighted by molar-refractivity contribution is 0.108. The van der Waals surface area contributed by atoms with Gasteiger partial charge in [-0.2, -0.15) is 0 Å². The molecule has 1 saturated heterocycles. The summed E-state index contributed by atoms with van der Waals surface area (Å²) in [6.45, 7) is 7.63. The molecule has 4 heteroatoms. The van der Waals surface area contributed by atoms with Crippen molar-refractivity contribution in [3.05, 3.63) is 28.2 Å². The van der Waals surface area contributed by atoms with Gasteiger partial charge < -0.3 is 10.1 Å². The molecule has 0 spiro atoms. The molecule has 2 atom stereocenters. The maximum atomic E-state index is 5.30. The first kappa shape index (κ1) is 13.8. The van der Waals surface area contributed by atoms with Crippen LogP contribution in [0.2, 0.25) is 0 Å². The number of piperazine rings is 1. The summed E-state index contributed by atoms with van der Waals surface area (Å²) < 4.78 is 6.45. The zero-order chi connectivity index (χ0) is 13.1. The minimum Gasteiger partial charge on any atom is -0.497 e. The normalized spacial score (nSPS) is 25.1. The quantitative estimate of drug-likeness (QED) is 0.928. The third-order valence-electron chi connectivity index (χ3n) is 3.62. The fraction of sp³-hybridized carbons (Fsp3) is 0.571. The van der Waals surface area contributed by atoms with Crippen LogP contribution in [0.3, 0.4) is 0 Å². The summed E-state index contributed by atoms with van der Waals surface area (Å²) in [7, 11) is 1.71.